The van der Waals surface area contributed by atoms with Gasteiger partial charge in [-0.25, -0.2) is 0 Å². The summed E-state index contributed by atoms with van der Waals surface area (Å²) in [5.74, 6) is 0. The number of epoxide rings is 1. The third kappa shape index (κ3) is 11.0. The van der Waals surface area contributed by atoms with Crippen molar-refractivity contribution in [2.45, 2.75) is 38.3 Å². The Kier molecular flexibility index (Phi) is 11.8. The van der Waals surface area contributed by atoms with Crippen LogP contribution in [0.25, 0.3) is 0 Å². The molecule has 1 rings (SSSR count). The Balaban J connectivity index is 1.83. The minimum absolute atomic E-state index is 0.0192. The van der Waals surface area contributed by atoms with E-state index in [1.807, 2.05) is 0 Å². The van der Waals surface area contributed by atoms with Crippen molar-refractivity contribution in [3.63, 3.8) is 0 Å². The van der Waals surface area contributed by atoms with Gasteiger partial charge in [0.15, 0.2) is 6.29 Å². The molecule has 3 N–H and O–H groups in total. The number of hydrogen-bond donors (Lipinski definition) is 2. The number of nitrogens with one attached hydrogen (secondary N) is 1. The molecule has 1 saturated heterocycles. The van der Waals surface area contributed by atoms with Crippen molar-refractivity contribution in [3.8, 4) is 0 Å². The zero-order valence-corrected chi connectivity index (χ0v) is 15.0. The molecule has 0 aliphatic carbocycles. The molecule has 0 aromatic rings. The number of nitrogens with zero attached hydrogens (tertiary/aromatic N) is 1. The summed E-state index contributed by atoms with van der Waals surface area (Å²) >= 11 is 0. The van der Waals surface area contributed by atoms with Crippen LogP contribution in [-0.2, 0) is 18.9 Å². The van der Waals surface area contributed by atoms with Crippen LogP contribution >= 0.6 is 0 Å². The zero-order chi connectivity index (χ0) is 16.9. The maximum atomic E-state index is 5.81. The number of hydrogen-bond acceptors (Lipinski definition) is 7. The Hall–Kier alpha value is -0.280. The number of methoxy groups -OCH3 is 1. The van der Waals surface area contributed by atoms with Crippen molar-refractivity contribution < 1.29 is 18.9 Å². The summed E-state index contributed by atoms with van der Waals surface area (Å²) in [6.45, 7) is 8.58. The Bertz CT molecular complexity index is 284. The molecule has 0 saturated carbocycles. The molecule has 0 bridgehead atoms. The largest absolute Gasteiger partial charge is 0.379 e. The predicted octanol–water partition coefficient (Wildman–Crippen LogP) is 0.0397. The van der Waals surface area contributed by atoms with Gasteiger partial charge in [0.2, 0.25) is 0 Å². The molecule has 7 nitrogen and oxygen atoms in total. The van der Waals surface area contributed by atoms with E-state index in [0.717, 1.165) is 52.2 Å². The molecule has 7 heteroatoms. The monoisotopic (exact) mass is 333 g/mol. The van der Waals surface area contributed by atoms with E-state index in [1.54, 1.807) is 7.11 Å². The quantitative estimate of drug-likeness (QED) is 0.305. The standard InChI is InChI=1S/C16H35N3O4/c1-14(5-9-19(2)10-13-21-11-6-17)22-12-8-18-7-4-15-16(20-3)23-15/h14-16,18H,4-13,17H2,1-3H3. The van der Waals surface area contributed by atoms with Gasteiger partial charge in [-0.15, -0.1) is 0 Å². The molecule has 0 aromatic heterocycles. The molecule has 1 aliphatic rings. The number of ether oxygens (including phenoxy) is 4. The Morgan fingerprint density at radius 1 is 1.22 bits per heavy atom. The van der Waals surface area contributed by atoms with Gasteiger partial charge in [0, 0.05) is 33.3 Å². The fourth-order valence-electron chi connectivity index (χ4n) is 2.24. The van der Waals surface area contributed by atoms with E-state index in [0.29, 0.717) is 13.2 Å². The van der Waals surface area contributed by atoms with E-state index in [9.17, 15) is 0 Å². The minimum Gasteiger partial charge on any atom is -0.379 e. The lowest BCUT2D eigenvalue weighted by molar-refractivity contribution is 0.0522. The lowest BCUT2D eigenvalue weighted by atomic mass is 10.2. The first-order valence-corrected chi connectivity index (χ1v) is 8.64. The van der Waals surface area contributed by atoms with Crippen molar-refractivity contribution in [1.29, 1.82) is 0 Å². The predicted molar refractivity (Wildman–Crippen MR) is 90.6 cm³/mol. The SMILES string of the molecule is COC1OC1CCNCCOC(C)CCN(C)CCOCCN. The highest BCUT2D eigenvalue weighted by Gasteiger charge is 2.38. The van der Waals surface area contributed by atoms with Crippen LogP contribution in [0.4, 0.5) is 0 Å². The van der Waals surface area contributed by atoms with Gasteiger partial charge in [-0.05, 0) is 33.4 Å². The molecule has 1 aliphatic heterocycles. The number of rotatable bonds is 16. The van der Waals surface area contributed by atoms with E-state index in [2.05, 4.69) is 24.2 Å². The first-order chi connectivity index (χ1) is 11.2. The molecule has 0 radical (unpaired) electrons. The van der Waals surface area contributed by atoms with Gasteiger partial charge in [-0.1, -0.05) is 0 Å². The molecule has 3 unspecified atom stereocenters. The van der Waals surface area contributed by atoms with Crippen molar-refractivity contribution in [1.82, 2.24) is 10.2 Å². The summed E-state index contributed by atoms with van der Waals surface area (Å²) in [6, 6.07) is 0. The molecule has 138 valence electrons. The van der Waals surface area contributed by atoms with E-state index in [1.165, 1.54) is 0 Å². The van der Waals surface area contributed by atoms with Crippen molar-refractivity contribution in [2.24, 2.45) is 5.73 Å². The van der Waals surface area contributed by atoms with Crippen LogP contribution in [0.3, 0.4) is 0 Å². The lowest BCUT2D eigenvalue weighted by Crippen LogP contribution is -2.29. The summed E-state index contributed by atoms with van der Waals surface area (Å²) in [7, 11) is 3.78. The van der Waals surface area contributed by atoms with Crippen LogP contribution < -0.4 is 11.1 Å². The van der Waals surface area contributed by atoms with Crippen molar-refractivity contribution >= 4 is 0 Å². The molecule has 1 fully saturated rings. The Morgan fingerprint density at radius 3 is 2.74 bits per heavy atom. The van der Waals surface area contributed by atoms with Gasteiger partial charge in [0.1, 0.15) is 6.10 Å². The number of likely N-dealkylation sites (N-methyl/N-ethyl adjacent to an activating group) is 1. The summed E-state index contributed by atoms with van der Waals surface area (Å²) in [4.78, 5) is 2.26. The molecular weight excluding hydrogens is 298 g/mol. The third-order valence-electron chi connectivity index (χ3n) is 3.85. The molecule has 0 aromatic carbocycles. The normalized spacial score (nSPS) is 21.8. The van der Waals surface area contributed by atoms with Crippen LogP contribution in [0, 0.1) is 0 Å². The Labute approximate surface area is 140 Å². The van der Waals surface area contributed by atoms with E-state index >= 15 is 0 Å². The van der Waals surface area contributed by atoms with Gasteiger partial charge in [0.25, 0.3) is 0 Å². The van der Waals surface area contributed by atoms with Gasteiger partial charge < -0.3 is 34.9 Å². The van der Waals surface area contributed by atoms with Gasteiger partial charge >= 0.3 is 0 Å². The Morgan fingerprint density at radius 2 is 2.04 bits per heavy atom. The van der Waals surface area contributed by atoms with Crippen LogP contribution in [0.15, 0.2) is 0 Å². The second kappa shape index (κ2) is 13.1. The van der Waals surface area contributed by atoms with E-state index in [-0.39, 0.29) is 18.5 Å². The van der Waals surface area contributed by atoms with E-state index in [4.69, 9.17) is 24.7 Å². The maximum absolute atomic E-state index is 5.81. The second-order valence-corrected chi connectivity index (χ2v) is 5.99. The molecule has 1 heterocycles. The van der Waals surface area contributed by atoms with Crippen LogP contribution in [0.2, 0.25) is 0 Å². The van der Waals surface area contributed by atoms with Gasteiger partial charge in [-0.3, -0.25) is 0 Å². The molecule has 0 amide bonds. The molecular formula is C16H35N3O4. The van der Waals surface area contributed by atoms with Crippen molar-refractivity contribution in [2.75, 3.05) is 66.7 Å². The average molecular weight is 333 g/mol. The highest BCUT2D eigenvalue weighted by Crippen LogP contribution is 2.24. The summed E-state index contributed by atoms with van der Waals surface area (Å²) in [5.41, 5.74) is 5.38. The molecule has 23 heavy (non-hydrogen) atoms. The first-order valence-electron chi connectivity index (χ1n) is 8.64. The maximum Gasteiger partial charge on any atom is 0.184 e. The lowest BCUT2D eigenvalue weighted by Gasteiger charge is -2.19. The van der Waals surface area contributed by atoms with Crippen LogP contribution in [0.1, 0.15) is 19.8 Å². The minimum atomic E-state index is 0.0192. The average Bonchev–Trinajstić information content (AvgIpc) is 3.31. The van der Waals surface area contributed by atoms with Crippen molar-refractivity contribution in [3.05, 3.63) is 0 Å². The van der Waals surface area contributed by atoms with E-state index < -0.39 is 0 Å². The second-order valence-electron chi connectivity index (χ2n) is 5.99. The highest BCUT2D eigenvalue weighted by atomic mass is 16.8. The molecule has 3 atom stereocenters. The third-order valence-corrected chi connectivity index (χ3v) is 3.85. The van der Waals surface area contributed by atoms with Crippen LogP contribution in [-0.4, -0.2) is 90.1 Å². The topological polar surface area (TPSA) is 81.5 Å². The summed E-state index contributed by atoms with van der Waals surface area (Å²) < 4.78 is 21.5. The fourth-order valence-corrected chi connectivity index (χ4v) is 2.24. The van der Waals surface area contributed by atoms with Gasteiger partial charge in [-0.2, -0.15) is 0 Å². The highest BCUT2D eigenvalue weighted by molar-refractivity contribution is 4.76. The summed E-state index contributed by atoms with van der Waals surface area (Å²) in [6.07, 6.45) is 2.58. The smallest absolute Gasteiger partial charge is 0.184 e. The summed E-state index contributed by atoms with van der Waals surface area (Å²) in [5, 5.41) is 3.36. The number of nitrogens with two attached hydrogens (primary N) is 1. The van der Waals surface area contributed by atoms with Gasteiger partial charge in [0.05, 0.1) is 25.9 Å². The van der Waals surface area contributed by atoms with Crippen LogP contribution in [0.5, 0.6) is 0 Å². The molecule has 0 spiro atoms. The zero-order valence-electron chi connectivity index (χ0n) is 15.0. The fraction of sp³-hybridized carbons (Fsp3) is 1.00. The first kappa shape index (κ1) is 20.8.